The Labute approximate surface area is 118 Å². The molecule has 0 radical (unpaired) electrons. The first-order valence-electron chi connectivity index (χ1n) is 4.48. The first-order valence-corrected chi connectivity index (χ1v) is 6.86. The summed E-state index contributed by atoms with van der Waals surface area (Å²) in [7, 11) is 0. The number of benzene rings is 2. The van der Waals surface area contributed by atoms with Gasteiger partial charge < -0.3 is 0 Å². The van der Waals surface area contributed by atoms with Gasteiger partial charge in [0, 0.05) is 13.4 Å². The van der Waals surface area contributed by atoms with Gasteiger partial charge in [-0.25, -0.2) is 4.39 Å². The maximum atomic E-state index is 13.2. The van der Waals surface area contributed by atoms with E-state index >= 15 is 0 Å². The summed E-state index contributed by atoms with van der Waals surface area (Å²) in [6, 6.07) is 10.5. The van der Waals surface area contributed by atoms with E-state index < -0.39 is 0 Å². The summed E-state index contributed by atoms with van der Waals surface area (Å²) in [6.45, 7) is 0. The van der Waals surface area contributed by atoms with Gasteiger partial charge >= 0.3 is 0 Å². The molecule has 0 aliphatic heterocycles. The molecule has 2 aromatic carbocycles. The molecule has 0 N–H and O–H groups in total. The maximum Gasteiger partial charge on any atom is 0.123 e. The van der Waals surface area contributed by atoms with E-state index in [1.807, 2.05) is 18.2 Å². The Kier molecular flexibility index (Phi) is 3.82. The van der Waals surface area contributed by atoms with Gasteiger partial charge in [0.15, 0.2) is 0 Å². The fraction of sp³-hybridized carbons (Fsp3) is 0. The molecule has 0 atom stereocenters. The van der Waals surface area contributed by atoms with Crippen LogP contribution < -0.4 is 0 Å². The zero-order valence-corrected chi connectivity index (χ0v) is 12.7. The summed E-state index contributed by atoms with van der Waals surface area (Å²) in [5.41, 5.74) is 1.77. The number of hydrogen-bond acceptors (Lipinski definition) is 0. The molecule has 4 heteroatoms. The van der Waals surface area contributed by atoms with Gasteiger partial charge in [0.05, 0.1) is 0 Å². The molecule has 0 fully saturated rings. The van der Waals surface area contributed by atoms with E-state index in [0.717, 1.165) is 24.5 Å². The van der Waals surface area contributed by atoms with E-state index in [-0.39, 0.29) is 5.82 Å². The van der Waals surface area contributed by atoms with Gasteiger partial charge in [0.2, 0.25) is 0 Å². The van der Waals surface area contributed by atoms with E-state index in [2.05, 4.69) is 47.8 Å². The van der Waals surface area contributed by atoms with Gasteiger partial charge in [-0.3, -0.25) is 0 Å². The Hall–Kier alpha value is -0.190. The van der Waals surface area contributed by atoms with Gasteiger partial charge in [0.1, 0.15) is 5.82 Å². The van der Waals surface area contributed by atoms with E-state index in [0.29, 0.717) is 0 Å². The van der Waals surface area contributed by atoms with Crippen LogP contribution in [0.4, 0.5) is 4.39 Å². The first kappa shape index (κ1) is 12.3. The van der Waals surface area contributed by atoms with Crippen molar-refractivity contribution in [2.75, 3.05) is 0 Å². The molecule has 0 saturated carbocycles. The lowest BCUT2D eigenvalue weighted by Gasteiger charge is -2.08. The lowest BCUT2D eigenvalue weighted by Crippen LogP contribution is -1.84. The second-order valence-electron chi connectivity index (χ2n) is 3.25. The highest BCUT2D eigenvalue weighted by molar-refractivity contribution is 9.11. The highest BCUT2D eigenvalue weighted by atomic mass is 79.9. The average molecular weight is 409 g/mol. The lowest BCUT2D eigenvalue weighted by atomic mass is 10.1. The molecule has 0 unspecified atom stereocenters. The summed E-state index contributed by atoms with van der Waals surface area (Å²) in [5.74, 6) is -0.245. The van der Waals surface area contributed by atoms with Crippen LogP contribution >= 0.6 is 47.8 Å². The van der Waals surface area contributed by atoms with Gasteiger partial charge in [-0.1, -0.05) is 47.8 Å². The third-order valence-corrected chi connectivity index (χ3v) is 4.02. The molecule has 0 aliphatic rings. The molecule has 0 spiro atoms. The fourth-order valence-corrected chi connectivity index (χ4v) is 2.69. The molecule has 0 heterocycles. The quantitative estimate of drug-likeness (QED) is 0.561. The normalized spacial score (nSPS) is 10.5. The third kappa shape index (κ3) is 2.55. The molecule has 2 aromatic rings. The van der Waals surface area contributed by atoms with E-state index in [1.165, 1.54) is 12.1 Å². The van der Waals surface area contributed by atoms with Crippen LogP contribution in [0.3, 0.4) is 0 Å². The van der Waals surface area contributed by atoms with Crippen LogP contribution in [-0.2, 0) is 0 Å². The van der Waals surface area contributed by atoms with E-state index in [9.17, 15) is 4.39 Å². The highest BCUT2D eigenvalue weighted by Crippen LogP contribution is 2.35. The molecule has 16 heavy (non-hydrogen) atoms. The maximum absolute atomic E-state index is 13.2. The Balaban J connectivity index is 2.66. The van der Waals surface area contributed by atoms with Crippen LogP contribution in [0.15, 0.2) is 49.8 Å². The van der Waals surface area contributed by atoms with E-state index in [4.69, 9.17) is 0 Å². The van der Waals surface area contributed by atoms with Crippen LogP contribution in [0.5, 0.6) is 0 Å². The van der Waals surface area contributed by atoms with Crippen molar-refractivity contribution < 1.29 is 4.39 Å². The molecule has 82 valence electrons. The predicted octanol–water partition coefficient (Wildman–Crippen LogP) is 5.78. The minimum absolute atomic E-state index is 0.245. The summed E-state index contributed by atoms with van der Waals surface area (Å²) in [4.78, 5) is 0. The van der Waals surface area contributed by atoms with Gasteiger partial charge in [0.25, 0.3) is 0 Å². The Morgan fingerprint density at radius 1 is 0.750 bits per heavy atom. The molecular weight excluding hydrogens is 403 g/mol. The fourth-order valence-electron chi connectivity index (χ4n) is 1.41. The topological polar surface area (TPSA) is 0 Å². The van der Waals surface area contributed by atoms with Crippen LogP contribution in [0.2, 0.25) is 0 Å². The van der Waals surface area contributed by atoms with Crippen molar-refractivity contribution in [2.45, 2.75) is 0 Å². The van der Waals surface area contributed by atoms with E-state index in [1.54, 1.807) is 6.07 Å². The zero-order chi connectivity index (χ0) is 11.7. The summed E-state index contributed by atoms with van der Waals surface area (Å²) in [6.07, 6.45) is 0. The van der Waals surface area contributed by atoms with Crippen molar-refractivity contribution in [1.29, 1.82) is 0 Å². The predicted molar refractivity (Wildman–Crippen MR) is 74.9 cm³/mol. The SMILES string of the molecule is Fc1ccc(Br)c(-c2cc(Br)ccc2Br)c1. The molecule has 0 saturated heterocycles. The molecule has 0 aliphatic carbocycles. The van der Waals surface area contributed by atoms with Gasteiger partial charge in [-0.05, 0) is 47.5 Å². The van der Waals surface area contributed by atoms with Crippen LogP contribution in [0.25, 0.3) is 11.1 Å². The summed E-state index contributed by atoms with van der Waals surface area (Å²) >= 11 is 10.3. The Bertz CT molecular complexity index is 488. The molecule has 0 bridgehead atoms. The van der Waals surface area contributed by atoms with Crippen molar-refractivity contribution in [3.63, 3.8) is 0 Å². The smallest absolute Gasteiger partial charge is 0.123 e. The second kappa shape index (κ2) is 4.98. The van der Waals surface area contributed by atoms with Crippen LogP contribution in [-0.4, -0.2) is 0 Å². The third-order valence-electron chi connectivity index (χ3n) is 2.15. The number of hydrogen-bond donors (Lipinski definition) is 0. The van der Waals surface area contributed by atoms with Gasteiger partial charge in [-0.15, -0.1) is 0 Å². The minimum Gasteiger partial charge on any atom is -0.207 e. The summed E-state index contributed by atoms with van der Waals surface area (Å²) in [5, 5.41) is 0. The first-order chi connectivity index (χ1) is 7.58. The van der Waals surface area contributed by atoms with Crippen molar-refractivity contribution in [3.05, 3.63) is 55.6 Å². The number of halogens is 4. The van der Waals surface area contributed by atoms with Crippen molar-refractivity contribution in [2.24, 2.45) is 0 Å². The van der Waals surface area contributed by atoms with Crippen LogP contribution in [0.1, 0.15) is 0 Å². The second-order valence-corrected chi connectivity index (χ2v) is 5.87. The Morgan fingerprint density at radius 2 is 1.31 bits per heavy atom. The highest BCUT2D eigenvalue weighted by Gasteiger charge is 2.08. The average Bonchev–Trinajstić information content (AvgIpc) is 2.25. The largest absolute Gasteiger partial charge is 0.207 e. The monoisotopic (exact) mass is 406 g/mol. The molecule has 0 nitrogen and oxygen atoms in total. The zero-order valence-electron chi connectivity index (χ0n) is 7.98. The lowest BCUT2D eigenvalue weighted by molar-refractivity contribution is 0.628. The molecular formula is C12H6Br3F. The van der Waals surface area contributed by atoms with Crippen molar-refractivity contribution in [1.82, 2.24) is 0 Å². The van der Waals surface area contributed by atoms with Crippen molar-refractivity contribution >= 4 is 47.8 Å². The summed E-state index contributed by atoms with van der Waals surface area (Å²) < 4.78 is 16.0. The van der Waals surface area contributed by atoms with Crippen LogP contribution in [0, 0.1) is 5.82 Å². The molecule has 2 rings (SSSR count). The van der Waals surface area contributed by atoms with Crippen molar-refractivity contribution in [3.8, 4) is 11.1 Å². The minimum atomic E-state index is -0.245. The van der Waals surface area contributed by atoms with Gasteiger partial charge in [-0.2, -0.15) is 0 Å². The molecule has 0 aromatic heterocycles. The standard InChI is InChI=1S/C12H6Br3F/c13-7-1-3-11(14)9(5-7)10-6-8(16)2-4-12(10)15/h1-6H. The Morgan fingerprint density at radius 3 is 2.00 bits per heavy atom. The number of rotatable bonds is 1. The molecule has 0 amide bonds.